The van der Waals surface area contributed by atoms with E-state index in [1.165, 1.54) is 4.90 Å². The first-order valence-electron chi connectivity index (χ1n) is 13.9. The highest BCUT2D eigenvalue weighted by Crippen LogP contribution is 2.38. The zero-order valence-electron chi connectivity index (χ0n) is 23.6. The molecule has 1 fully saturated rings. The van der Waals surface area contributed by atoms with Gasteiger partial charge in [-0.3, -0.25) is 18.9 Å². The molecule has 42 heavy (non-hydrogen) atoms. The third-order valence-corrected chi connectivity index (χ3v) is 9.51. The van der Waals surface area contributed by atoms with Crippen LogP contribution in [0, 0.1) is 0 Å². The van der Waals surface area contributed by atoms with Crippen molar-refractivity contribution in [1.29, 1.82) is 0 Å². The number of nitrogens with zero attached hydrogens (tertiary/aromatic N) is 1. The Hall–Kier alpha value is -3.12. The number of unbranched alkanes of at least 4 members (excludes halogenated alkanes) is 1. The number of fused-ring (bicyclic) bond motifs is 1. The summed E-state index contributed by atoms with van der Waals surface area (Å²) in [6.45, 7) is 2.31. The number of carbonyl (C=O) groups excluding carboxylic acids is 4. The molecule has 0 radical (unpaired) electrons. The van der Waals surface area contributed by atoms with Gasteiger partial charge in [-0.1, -0.05) is 55.8 Å². The Morgan fingerprint density at radius 3 is 2.52 bits per heavy atom. The average Bonchev–Trinajstić information content (AvgIpc) is 2.95. The molecule has 1 heterocycles. The molecule has 12 nitrogen and oxygen atoms in total. The van der Waals surface area contributed by atoms with Gasteiger partial charge in [0.1, 0.15) is 18.1 Å². The van der Waals surface area contributed by atoms with E-state index in [-0.39, 0.29) is 25.3 Å². The summed E-state index contributed by atoms with van der Waals surface area (Å²) in [6, 6.07) is 10.4. The Bertz CT molecular complexity index is 1310. The number of alkyl carbamates (subject to hydrolysis) is 1. The molecule has 0 bridgehead atoms. The molecule has 3 atom stereocenters. The van der Waals surface area contributed by atoms with Crippen LogP contribution in [-0.2, 0) is 30.1 Å². The number of likely N-dealkylation sites (tertiary alicyclic amines) is 1. The van der Waals surface area contributed by atoms with Crippen LogP contribution in [0.2, 0.25) is 0 Å². The lowest BCUT2D eigenvalue weighted by Gasteiger charge is -2.37. The Balaban J connectivity index is 1.73. The average molecular weight is 623 g/mol. The van der Waals surface area contributed by atoms with Gasteiger partial charge in [0.05, 0.1) is 12.1 Å². The van der Waals surface area contributed by atoms with Crippen molar-refractivity contribution in [2.24, 2.45) is 5.73 Å². The van der Waals surface area contributed by atoms with Gasteiger partial charge in [0.2, 0.25) is 17.7 Å². The van der Waals surface area contributed by atoms with Gasteiger partial charge >= 0.3 is 13.7 Å². The molecular formula is C28H39N4O8PS. The third-order valence-electron chi connectivity index (χ3n) is 6.87. The monoisotopic (exact) mass is 622 g/mol. The van der Waals surface area contributed by atoms with Gasteiger partial charge in [0, 0.05) is 18.7 Å². The van der Waals surface area contributed by atoms with Gasteiger partial charge in [-0.15, -0.1) is 11.8 Å². The topological polar surface area (TPSA) is 188 Å². The van der Waals surface area contributed by atoms with Crippen LogP contribution in [0.25, 0.3) is 10.8 Å². The second-order valence-electron chi connectivity index (χ2n) is 10.2. The number of benzene rings is 2. The smallest absolute Gasteiger partial charge is 0.407 e. The normalized spacial score (nSPS) is 16.8. The van der Waals surface area contributed by atoms with Gasteiger partial charge in [-0.2, -0.15) is 0 Å². The summed E-state index contributed by atoms with van der Waals surface area (Å²) >= 11 is 0.814. The van der Waals surface area contributed by atoms with E-state index in [1.54, 1.807) is 0 Å². The zero-order chi connectivity index (χ0) is 30.7. The van der Waals surface area contributed by atoms with Crippen LogP contribution < -0.4 is 16.4 Å². The predicted octanol–water partition coefficient (Wildman–Crippen LogP) is 2.50. The molecule has 1 aliphatic heterocycles. The number of amides is 4. The van der Waals surface area contributed by atoms with Crippen LogP contribution in [0.4, 0.5) is 4.79 Å². The molecule has 0 unspecified atom stereocenters. The summed E-state index contributed by atoms with van der Waals surface area (Å²) in [6.07, 6.45) is 2.38. The molecule has 14 heteroatoms. The molecule has 6 N–H and O–H groups in total. The number of nitrogens with one attached hydrogen (secondary N) is 2. The fourth-order valence-corrected chi connectivity index (χ4v) is 6.55. The quantitative estimate of drug-likeness (QED) is 0.156. The fourth-order valence-electron chi connectivity index (χ4n) is 4.72. The fraction of sp³-hybridized carbons (Fsp3) is 0.500. The van der Waals surface area contributed by atoms with Crippen molar-refractivity contribution >= 4 is 53.9 Å². The Morgan fingerprint density at radius 1 is 1.10 bits per heavy atom. The van der Waals surface area contributed by atoms with E-state index in [0.29, 0.717) is 25.7 Å². The minimum absolute atomic E-state index is 0.135. The lowest BCUT2D eigenvalue weighted by molar-refractivity contribution is -0.144. The van der Waals surface area contributed by atoms with Crippen molar-refractivity contribution in [3.8, 4) is 0 Å². The van der Waals surface area contributed by atoms with Crippen molar-refractivity contribution in [3.05, 3.63) is 48.0 Å². The van der Waals surface area contributed by atoms with E-state index >= 15 is 0 Å². The highest BCUT2D eigenvalue weighted by molar-refractivity contribution is 8.04. The van der Waals surface area contributed by atoms with Crippen LogP contribution in [0.5, 0.6) is 0 Å². The number of primary amides is 1. The highest BCUT2D eigenvalue weighted by atomic mass is 32.2. The van der Waals surface area contributed by atoms with Crippen LogP contribution in [-0.4, -0.2) is 81.0 Å². The zero-order valence-corrected chi connectivity index (χ0v) is 25.3. The van der Waals surface area contributed by atoms with Crippen LogP contribution in [0.3, 0.4) is 0 Å². The first kappa shape index (κ1) is 33.4. The number of hydrogen-bond acceptors (Lipinski definition) is 7. The van der Waals surface area contributed by atoms with Crippen LogP contribution >= 0.6 is 19.4 Å². The largest absolute Gasteiger partial charge is 0.450 e. The second-order valence-corrected chi connectivity index (χ2v) is 13.3. The first-order chi connectivity index (χ1) is 20.0. The number of carbonyl (C=O) groups is 4. The predicted molar refractivity (Wildman–Crippen MR) is 161 cm³/mol. The maximum absolute atomic E-state index is 13.6. The summed E-state index contributed by atoms with van der Waals surface area (Å²) in [4.78, 5) is 71.6. The van der Waals surface area contributed by atoms with Gasteiger partial charge in [0.25, 0.3) is 0 Å². The third kappa shape index (κ3) is 10.3. The van der Waals surface area contributed by atoms with Gasteiger partial charge in [-0.25, -0.2) is 4.79 Å². The molecule has 1 aliphatic rings. The summed E-state index contributed by atoms with van der Waals surface area (Å²) in [5, 5.41) is 7.23. The van der Waals surface area contributed by atoms with Crippen molar-refractivity contribution in [2.75, 3.05) is 24.4 Å². The summed E-state index contributed by atoms with van der Waals surface area (Å²) in [5.41, 5.74) is 5.92. The molecule has 230 valence electrons. The molecule has 1 saturated heterocycles. The Morgan fingerprint density at radius 2 is 1.83 bits per heavy atom. The molecule has 0 saturated carbocycles. The summed E-state index contributed by atoms with van der Waals surface area (Å²) in [7, 11) is -4.35. The molecule has 4 amide bonds. The van der Waals surface area contributed by atoms with Gasteiger partial charge in [0.15, 0.2) is 0 Å². The minimum atomic E-state index is -4.35. The van der Waals surface area contributed by atoms with Crippen molar-refractivity contribution in [3.63, 3.8) is 0 Å². The SMILES string of the molecule is CCCCOC(=O)N[C@@H](CSCP(=O)(O)O)C(=O)N1CCCC[C@H]1C(=O)N[C@@H](Cc1ccc2ccccc2c1)C(N)=O. The highest BCUT2D eigenvalue weighted by Gasteiger charge is 2.37. The lowest BCUT2D eigenvalue weighted by Crippen LogP contribution is -2.60. The maximum Gasteiger partial charge on any atom is 0.407 e. The standard InChI is InChI=1S/C28H39N4O8PS/c1-2-3-14-40-28(36)31-23(17-42-18-41(37,38)39)27(35)32-13-7-6-10-24(32)26(34)30-22(25(29)33)16-19-11-12-20-8-4-5-9-21(20)15-19/h4-5,8-9,11-12,15,22-24H,2-3,6-7,10,13-14,16-18H2,1H3,(H2,29,33)(H,30,34)(H,31,36)(H2,37,38,39)/t22-,23-,24-/m0/s1. The molecule has 0 aliphatic carbocycles. The number of rotatable bonds is 14. The number of piperidine rings is 1. The van der Waals surface area contributed by atoms with E-state index in [0.717, 1.165) is 34.5 Å². The van der Waals surface area contributed by atoms with Crippen LogP contribution in [0.1, 0.15) is 44.6 Å². The number of thioether (sulfide) groups is 1. The Kier molecular flexibility index (Phi) is 12.7. The maximum atomic E-state index is 13.6. The molecule has 0 spiro atoms. The van der Waals surface area contributed by atoms with Crippen molar-refractivity contribution < 1.29 is 38.3 Å². The summed E-state index contributed by atoms with van der Waals surface area (Å²) in [5.74, 6) is -1.97. The summed E-state index contributed by atoms with van der Waals surface area (Å²) < 4.78 is 16.5. The van der Waals surface area contributed by atoms with E-state index in [9.17, 15) is 33.5 Å². The number of ether oxygens (including phenoxy) is 1. The molecule has 0 aromatic heterocycles. The first-order valence-corrected chi connectivity index (χ1v) is 16.9. The molecule has 2 aromatic carbocycles. The Labute approximate surface area is 249 Å². The molecular weight excluding hydrogens is 583 g/mol. The molecule has 3 rings (SSSR count). The number of hydrogen-bond donors (Lipinski definition) is 5. The van der Waals surface area contributed by atoms with E-state index in [1.807, 2.05) is 49.4 Å². The van der Waals surface area contributed by atoms with Crippen LogP contribution in [0.15, 0.2) is 42.5 Å². The second kappa shape index (κ2) is 15.9. The van der Waals surface area contributed by atoms with E-state index < -0.39 is 55.0 Å². The van der Waals surface area contributed by atoms with Gasteiger partial charge < -0.3 is 35.8 Å². The van der Waals surface area contributed by atoms with Crippen molar-refractivity contribution in [1.82, 2.24) is 15.5 Å². The van der Waals surface area contributed by atoms with Crippen molar-refractivity contribution in [2.45, 2.75) is 63.6 Å². The molecule has 2 aromatic rings. The minimum Gasteiger partial charge on any atom is -0.450 e. The van der Waals surface area contributed by atoms with Gasteiger partial charge in [-0.05, 0) is 42.0 Å². The van der Waals surface area contributed by atoms with E-state index in [4.69, 9.17) is 10.5 Å². The number of nitrogens with two attached hydrogens (primary N) is 1. The van der Waals surface area contributed by atoms with E-state index in [2.05, 4.69) is 10.6 Å². The lowest BCUT2D eigenvalue weighted by atomic mass is 9.98.